The molecule has 0 spiro atoms. The minimum atomic E-state index is -0.823. The number of thiazole rings is 1. The highest BCUT2D eigenvalue weighted by Crippen LogP contribution is 2.24. The molecule has 1 aromatic rings. The number of carbonyl (C=O) groups is 1. The molecule has 1 rings (SSSR count). The highest BCUT2D eigenvalue weighted by atomic mass is 32.2. The molecule has 4 nitrogen and oxygen atoms in total. The lowest BCUT2D eigenvalue weighted by Gasteiger charge is -2.28. The van der Waals surface area contributed by atoms with Crippen LogP contribution in [0.3, 0.4) is 0 Å². The summed E-state index contributed by atoms with van der Waals surface area (Å²) in [6, 6.07) is 0.170. The molecule has 0 saturated heterocycles. The van der Waals surface area contributed by atoms with Crippen LogP contribution in [0.25, 0.3) is 0 Å². The fraction of sp³-hybridized carbons (Fsp3) is 0.714. The van der Waals surface area contributed by atoms with Crippen LogP contribution in [0.2, 0.25) is 0 Å². The molecule has 0 aliphatic carbocycles. The number of aromatic nitrogens is 1. The summed E-state index contributed by atoms with van der Waals surface area (Å²) in [5.74, 6) is 0.221. The average Bonchev–Trinajstić information content (AvgIpc) is 2.73. The van der Waals surface area contributed by atoms with Crippen molar-refractivity contribution in [2.75, 3.05) is 5.75 Å². The van der Waals surface area contributed by atoms with E-state index in [4.69, 9.17) is 0 Å². The van der Waals surface area contributed by atoms with Crippen molar-refractivity contribution in [1.29, 1.82) is 0 Å². The Morgan fingerprint density at radius 3 is 2.75 bits per heavy atom. The Labute approximate surface area is 129 Å². The first-order chi connectivity index (χ1) is 9.33. The Kier molecular flexibility index (Phi) is 6.99. The normalized spacial score (nSPS) is 14.4. The lowest BCUT2D eigenvalue weighted by Crippen LogP contribution is -2.52. The molecule has 114 valence electrons. The van der Waals surface area contributed by atoms with Crippen LogP contribution in [0.15, 0.2) is 9.72 Å². The molecule has 0 fully saturated rings. The summed E-state index contributed by atoms with van der Waals surface area (Å²) >= 11 is 3.43. The van der Waals surface area contributed by atoms with Crippen LogP contribution in [0, 0.1) is 6.92 Å². The quantitative estimate of drug-likeness (QED) is 0.539. The summed E-state index contributed by atoms with van der Waals surface area (Å²) in [5, 5.41) is 14.5. The van der Waals surface area contributed by atoms with Crippen molar-refractivity contribution in [3.05, 3.63) is 11.1 Å². The molecule has 6 heteroatoms. The first-order valence-electron chi connectivity index (χ1n) is 6.89. The van der Waals surface area contributed by atoms with E-state index in [2.05, 4.69) is 15.7 Å². The predicted molar refractivity (Wildman–Crippen MR) is 85.7 cm³/mol. The van der Waals surface area contributed by atoms with Crippen molar-refractivity contribution in [1.82, 2.24) is 10.3 Å². The predicted octanol–water partition coefficient (Wildman–Crippen LogP) is 3.56. The van der Waals surface area contributed by atoms with Gasteiger partial charge in [0.05, 0.1) is 0 Å². The lowest BCUT2D eigenvalue weighted by molar-refractivity contribution is -0.144. The molecule has 0 radical (unpaired) electrons. The minimum absolute atomic E-state index is 0.170. The minimum Gasteiger partial charge on any atom is -0.480 e. The number of carboxylic acid groups (broad SMARTS) is 1. The molecule has 0 aliphatic rings. The van der Waals surface area contributed by atoms with Crippen LogP contribution < -0.4 is 5.32 Å². The summed E-state index contributed by atoms with van der Waals surface area (Å²) in [6.07, 6.45) is 2.56. The molecular formula is C14H24N2O2S2. The Hall–Kier alpha value is -0.590. The van der Waals surface area contributed by atoms with Gasteiger partial charge in [-0.2, -0.15) is 0 Å². The maximum absolute atomic E-state index is 11.4. The van der Waals surface area contributed by atoms with E-state index < -0.39 is 11.5 Å². The molecule has 2 N–H and O–H groups in total. The van der Waals surface area contributed by atoms with E-state index in [1.165, 1.54) is 0 Å². The zero-order valence-corrected chi connectivity index (χ0v) is 14.2. The van der Waals surface area contributed by atoms with E-state index in [9.17, 15) is 9.90 Å². The molecule has 1 heterocycles. The Balaban J connectivity index is 2.29. The van der Waals surface area contributed by atoms with Gasteiger partial charge in [0.15, 0.2) is 0 Å². The summed E-state index contributed by atoms with van der Waals surface area (Å²) < 4.78 is 1.10. The number of hydrogen-bond acceptors (Lipinski definition) is 5. The third-order valence-corrected chi connectivity index (χ3v) is 5.20. The fourth-order valence-electron chi connectivity index (χ4n) is 2.02. The molecule has 0 bridgehead atoms. The van der Waals surface area contributed by atoms with Gasteiger partial charge in [-0.15, -0.1) is 11.3 Å². The van der Waals surface area contributed by atoms with Gasteiger partial charge in [-0.05, 0) is 40.5 Å². The second-order valence-corrected chi connectivity index (χ2v) is 7.70. The van der Waals surface area contributed by atoms with Crippen LogP contribution in [-0.4, -0.2) is 33.4 Å². The second-order valence-electron chi connectivity index (χ2n) is 5.50. The zero-order chi connectivity index (χ0) is 15.2. The molecule has 20 heavy (non-hydrogen) atoms. The third kappa shape index (κ3) is 5.81. The second kappa shape index (κ2) is 8.00. The maximum atomic E-state index is 11.4. The van der Waals surface area contributed by atoms with Gasteiger partial charge in [0.2, 0.25) is 0 Å². The fourth-order valence-corrected chi connectivity index (χ4v) is 3.94. The van der Waals surface area contributed by atoms with Crippen molar-refractivity contribution in [3.8, 4) is 0 Å². The van der Waals surface area contributed by atoms with Gasteiger partial charge in [-0.25, -0.2) is 4.98 Å². The van der Waals surface area contributed by atoms with Crippen LogP contribution >= 0.6 is 23.1 Å². The largest absolute Gasteiger partial charge is 0.480 e. The smallest absolute Gasteiger partial charge is 0.323 e. The van der Waals surface area contributed by atoms with Crippen molar-refractivity contribution < 1.29 is 9.90 Å². The number of hydrogen-bond donors (Lipinski definition) is 2. The van der Waals surface area contributed by atoms with Gasteiger partial charge < -0.3 is 5.11 Å². The molecule has 1 aromatic heterocycles. The van der Waals surface area contributed by atoms with E-state index in [1.54, 1.807) is 30.0 Å². The van der Waals surface area contributed by atoms with Crippen molar-refractivity contribution in [3.63, 3.8) is 0 Å². The van der Waals surface area contributed by atoms with Gasteiger partial charge in [-0.1, -0.05) is 18.2 Å². The first-order valence-corrected chi connectivity index (χ1v) is 8.76. The standard InChI is InChI=1S/C14H24N2O2S2/c1-10(2)16-14(4,12(17)18)7-5-6-8-19-13-15-11(3)9-20-13/h9-10,16H,5-8H2,1-4H3,(H,17,18). The van der Waals surface area contributed by atoms with Crippen molar-refractivity contribution in [2.45, 2.75) is 62.9 Å². The van der Waals surface area contributed by atoms with Gasteiger partial charge >= 0.3 is 5.97 Å². The number of aryl methyl sites for hydroxylation is 1. The molecule has 1 atom stereocenters. The molecule has 0 amide bonds. The molecule has 0 aromatic carbocycles. The molecule has 0 saturated carbocycles. The van der Waals surface area contributed by atoms with E-state index in [-0.39, 0.29) is 6.04 Å². The summed E-state index contributed by atoms with van der Waals surface area (Å²) in [6.45, 7) is 7.72. The molecule has 0 aliphatic heterocycles. The number of thioether (sulfide) groups is 1. The van der Waals surface area contributed by atoms with Gasteiger partial charge in [0, 0.05) is 22.9 Å². The van der Waals surface area contributed by atoms with E-state index in [0.29, 0.717) is 6.42 Å². The van der Waals surface area contributed by atoms with E-state index >= 15 is 0 Å². The number of rotatable bonds is 9. The van der Waals surface area contributed by atoms with Crippen molar-refractivity contribution in [2.24, 2.45) is 0 Å². The van der Waals surface area contributed by atoms with E-state index in [1.807, 2.05) is 20.8 Å². The zero-order valence-electron chi connectivity index (χ0n) is 12.6. The number of nitrogens with zero attached hydrogens (tertiary/aromatic N) is 1. The summed E-state index contributed by atoms with van der Waals surface area (Å²) in [7, 11) is 0. The number of aliphatic carboxylic acids is 1. The maximum Gasteiger partial charge on any atom is 0.323 e. The molecule has 1 unspecified atom stereocenters. The highest BCUT2D eigenvalue weighted by Gasteiger charge is 2.32. The van der Waals surface area contributed by atoms with Crippen LogP contribution in [0.5, 0.6) is 0 Å². The van der Waals surface area contributed by atoms with E-state index in [0.717, 1.165) is 28.6 Å². The molecular weight excluding hydrogens is 292 g/mol. The Bertz CT molecular complexity index is 435. The number of unbranched alkanes of at least 4 members (excludes halogenated alkanes) is 1. The van der Waals surface area contributed by atoms with Crippen LogP contribution in [0.1, 0.15) is 45.7 Å². The number of nitrogens with one attached hydrogen (secondary N) is 1. The summed E-state index contributed by atoms with van der Waals surface area (Å²) in [5.41, 5.74) is 0.244. The van der Waals surface area contributed by atoms with Gasteiger partial charge in [0.1, 0.15) is 9.88 Å². The first kappa shape index (κ1) is 17.5. The van der Waals surface area contributed by atoms with Gasteiger partial charge in [-0.3, -0.25) is 10.1 Å². The Morgan fingerprint density at radius 1 is 1.55 bits per heavy atom. The highest BCUT2D eigenvalue weighted by molar-refractivity contribution is 8.00. The number of carboxylic acids is 1. The summed E-state index contributed by atoms with van der Waals surface area (Å²) in [4.78, 5) is 15.8. The monoisotopic (exact) mass is 316 g/mol. The lowest BCUT2D eigenvalue weighted by atomic mass is 9.94. The average molecular weight is 316 g/mol. The third-order valence-electron chi connectivity index (χ3n) is 2.97. The van der Waals surface area contributed by atoms with Crippen molar-refractivity contribution >= 4 is 29.1 Å². The Morgan fingerprint density at radius 2 is 2.25 bits per heavy atom. The van der Waals surface area contributed by atoms with Gasteiger partial charge in [0.25, 0.3) is 0 Å². The van der Waals surface area contributed by atoms with Crippen LogP contribution in [-0.2, 0) is 4.79 Å². The topological polar surface area (TPSA) is 62.2 Å². The SMILES string of the molecule is Cc1csc(SCCCCC(C)(NC(C)C)C(=O)O)n1. The van der Waals surface area contributed by atoms with Crippen LogP contribution in [0.4, 0.5) is 0 Å².